The Hall–Kier alpha value is -1.76. The lowest BCUT2D eigenvalue weighted by molar-refractivity contribution is 0.419. The topological polar surface area (TPSA) is 59.0 Å². The smallest absolute Gasteiger partial charge is 0.126 e. The highest BCUT2D eigenvalue weighted by molar-refractivity contribution is 5.91. The highest BCUT2D eigenvalue weighted by atomic mass is 35.5. The molecule has 0 amide bonds. The Balaban J connectivity index is 0.00000162. The number of benzene rings is 2. The zero-order valence-corrected chi connectivity index (χ0v) is 10.9. The van der Waals surface area contributed by atoms with Gasteiger partial charge < -0.3 is 10.5 Å². The molecule has 94 valence electrons. The molecule has 0 saturated heterocycles. The number of halogens is 1. The van der Waals surface area contributed by atoms with Crippen LogP contribution in [0.2, 0.25) is 0 Å². The number of methoxy groups -OCH3 is 1. The van der Waals surface area contributed by atoms with Crippen LogP contribution in [-0.4, -0.2) is 7.11 Å². The summed E-state index contributed by atoms with van der Waals surface area (Å²) in [5, 5.41) is 10.8. The lowest BCUT2D eigenvalue weighted by atomic mass is 9.97. The van der Waals surface area contributed by atoms with Crippen LogP contribution in [0.3, 0.4) is 0 Å². The van der Waals surface area contributed by atoms with Crippen LogP contribution < -0.4 is 10.5 Å². The summed E-state index contributed by atoms with van der Waals surface area (Å²) in [5.41, 5.74) is 6.99. The quantitative estimate of drug-likeness (QED) is 0.924. The van der Waals surface area contributed by atoms with Crippen LogP contribution in [0, 0.1) is 11.3 Å². The predicted molar refractivity (Wildman–Crippen MR) is 74.9 cm³/mol. The monoisotopic (exact) mass is 262 g/mol. The van der Waals surface area contributed by atoms with E-state index in [-0.39, 0.29) is 18.4 Å². The van der Waals surface area contributed by atoms with E-state index in [0.717, 1.165) is 22.1 Å². The minimum Gasteiger partial charge on any atom is -0.496 e. The fourth-order valence-corrected chi connectivity index (χ4v) is 2.00. The lowest BCUT2D eigenvalue weighted by Crippen LogP contribution is -2.09. The molecule has 3 nitrogen and oxygen atoms in total. The van der Waals surface area contributed by atoms with Crippen molar-refractivity contribution in [3.63, 3.8) is 0 Å². The number of fused-ring (bicyclic) bond motifs is 1. The van der Waals surface area contributed by atoms with Crippen molar-refractivity contribution in [1.82, 2.24) is 0 Å². The molecule has 2 aromatic carbocycles. The summed E-state index contributed by atoms with van der Waals surface area (Å²) < 4.78 is 5.32. The van der Waals surface area contributed by atoms with Crippen LogP contribution in [0.5, 0.6) is 5.75 Å². The second kappa shape index (κ2) is 6.25. The summed E-state index contributed by atoms with van der Waals surface area (Å²) in [6.45, 7) is 0. The molecule has 0 aliphatic heterocycles. The molecular weight excluding hydrogens is 248 g/mol. The molecule has 0 unspecified atom stereocenters. The summed E-state index contributed by atoms with van der Waals surface area (Å²) in [4.78, 5) is 0. The highest BCUT2D eigenvalue weighted by Gasteiger charge is 2.11. The minimum atomic E-state index is -0.254. The second-order valence-corrected chi connectivity index (χ2v) is 3.87. The molecule has 0 fully saturated rings. The first kappa shape index (κ1) is 14.3. The largest absolute Gasteiger partial charge is 0.496 e. The van der Waals surface area contributed by atoms with E-state index in [4.69, 9.17) is 15.7 Å². The molecule has 0 aliphatic rings. The van der Waals surface area contributed by atoms with Gasteiger partial charge in [0.2, 0.25) is 0 Å². The van der Waals surface area contributed by atoms with Crippen LogP contribution in [0.15, 0.2) is 36.4 Å². The van der Waals surface area contributed by atoms with Crippen molar-refractivity contribution in [3.05, 3.63) is 42.0 Å². The van der Waals surface area contributed by atoms with Gasteiger partial charge >= 0.3 is 0 Å². The van der Waals surface area contributed by atoms with Gasteiger partial charge in [-0.2, -0.15) is 5.26 Å². The van der Waals surface area contributed by atoms with Gasteiger partial charge in [-0.05, 0) is 17.0 Å². The van der Waals surface area contributed by atoms with Gasteiger partial charge in [0.1, 0.15) is 5.75 Å². The summed E-state index contributed by atoms with van der Waals surface area (Å²) in [6.07, 6.45) is 0.316. The highest BCUT2D eigenvalue weighted by Crippen LogP contribution is 2.31. The van der Waals surface area contributed by atoms with E-state index in [1.807, 2.05) is 36.4 Å². The molecule has 1 atom stereocenters. The maximum absolute atomic E-state index is 8.72. The van der Waals surface area contributed by atoms with Gasteiger partial charge in [-0.25, -0.2) is 0 Å². The Morgan fingerprint density at radius 3 is 2.50 bits per heavy atom. The number of nitrogens with two attached hydrogens (primary N) is 1. The average molecular weight is 263 g/mol. The summed E-state index contributed by atoms with van der Waals surface area (Å²) in [6, 6.07) is 13.6. The molecule has 2 N–H and O–H groups in total. The van der Waals surface area contributed by atoms with Gasteiger partial charge in [0.15, 0.2) is 0 Å². The van der Waals surface area contributed by atoms with Gasteiger partial charge in [0, 0.05) is 11.4 Å². The average Bonchev–Trinajstić information content (AvgIpc) is 2.37. The SMILES string of the molecule is COc1ccc([C@H](N)CC#N)c2ccccc12.Cl. The first-order valence-corrected chi connectivity index (χ1v) is 5.46. The van der Waals surface area contributed by atoms with Crippen LogP contribution in [0.25, 0.3) is 10.8 Å². The molecule has 2 rings (SSSR count). The second-order valence-electron chi connectivity index (χ2n) is 3.87. The third-order valence-corrected chi connectivity index (χ3v) is 2.85. The van der Waals surface area contributed by atoms with Gasteiger partial charge in [-0.15, -0.1) is 12.4 Å². The third-order valence-electron chi connectivity index (χ3n) is 2.85. The fourth-order valence-electron chi connectivity index (χ4n) is 2.00. The Labute approximate surface area is 113 Å². The number of ether oxygens (including phenoxy) is 1. The zero-order valence-electron chi connectivity index (χ0n) is 10.1. The molecular formula is C14H15ClN2O. The fraction of sp³-hybridized carbons (Fsp3) is 0.214. The molecule has 0 heterocycles. The van der Waals surface area contributed by atoms with Crippen molar-refractivity contribution in [2.24, 2.45) is 5.73 Å². The number of rotatable bonds is 3. The number of nitrogens with zero attached hydrogens (tertiary/aromatic N) is 1. The van der Waals surface area contributed by atoms with Crippen LogP contribution in [0.1, 0.15) is 18.0 Å². The van der Waals surface area contributed by atoms with Crippen molar-refractivity contribution in [3.8, 4) is 11.8 Å². The summed E-state index contributed by atoms with van der Waals surface area (Å²) in [7, 11) is 1.65. The van der Waals surface area contributed by atoms with E-state index in [9.17, 15) is 0 Å². The van der Waals surface area contributed by atoms with Crippen LogP contribution in [0.4, 0.5) is 0 Å². The molecule has 18 heavy (non-hydrogen) atoms. The summed E-state index contributed by atoms with van der Waals surface area (Å²) in [5.74, 6) is 0.827. The van der Waals surface area contributed by atoms with E-state index >= 15 is 0 Å². The van der Waals surface area contributed by atoms with E-state index in [2.05, 4.69) is 6.07 Å². The molecule has 0 spiro atoms. The molecule has 0 aromatic heterocycles. The molecule has 0 aliphatic carbocycles. The lowest BCUT2D eigenvalue weighted by Gasteiger charge is -2.14. The van der Waals surface area contributed by atoms with Crippen molar-refractivity contribution < 1.29 is 4.74 Å². The maximum Gasteiger partial charge on any atom is 0.126 e. The van der Waals surface area contributed by atoms with Gasteiger partial charge in [0.05, 0.1) is 19.6 Å². The van der Waals surface area contributed by atoms with Crippen molar-refractivity contribution in [2.45, 2.75) is 12.5 Å². The Kier molecular flexibility index (Phi) is 4.96. The van der Waals surface area contributed by atoms with Crippen molar-refractivity contribution in [1.29, 1.82) is 5.26 Å². The number of hydrogen-bond donors (Lipinski definition) is 1. The molecule has 0 bridgehead atoms. The van der Waals surface area contributed by atoms with Crippen molar-refractivity contribution in [2.75, 3.05) is 7.11 Å². The minimum absolute atomic E-state index is 0. The molecule has 0 saturated carbocycles. The first-order valence-electron chi connectivity index (χ1n) is 5.46. The molecule has 4 heteroatoms. The summed E-state index contributed by atoms with van der Waals surface area (Å²) >= 11 is 0. The Morgan fingerprint density at radius 1 is 1.22 bits per heavy atom. The normalized spacial score (nSPS) is 11.4. The van der Waals surface area contributed by atoms with E-state index in [0.29, 0.717) is 6.42 Å². The van der Waals surface area contributed by atoms with Crippen LogP contribution in [-0.2, 0) is 0 Å². The van der Waals surface area contributed by atoms with Crippen LogP contribution >= 0.6 is 12.4 Å². The van der Waals surface area contributed by atoms with E-state index in [1.165, 1.54) is 0 Å². The van der Waals surface area contributed by atoms with Gasteiger partial charge in [-0.1, -0.05) is 30.3 Å². The Morgan fingerprint density at radius 2 is 1.89 bits per heavy atom. The number of nitriles is 1. The molecule has 0 radical (unpaired) electrons. The third kappa shape index (κ3) is 2.56. The van der Waals surface area contributed by atoms with Gasteiger partial charge in [0.25, 0.3) is 0 Å². The zero-order chi connectivity index (χ0) is 12.3. The molecule has 2 aromatic rings. The number of hydrogen-bond acceptors (Lipinski definition) is 3. The first-order chi connectivity index (χ1) is 8.27. The standard InChI is InChI=1S/C14H14N2O.ClH/c1-17-14-7-6-11(13(16)8-9-15)10-4-2-3-5-12(10)14;/h2-7,13H,8,16H2,1H3;1H/t13-;/m1./s1. The van der Waals surface area contributed by atoms with E-state index in [1.54, 1.807) is 7.11 Å². The maximum atomic E-state index is 8.72. The Bertz CT molecular complexity index is 578. The van der Waals surface area contributed by atoms with Gasteiger partial charge in [-0.3, -0.25) is 0 Å². The van der Waals surface area contributed by atoms with Crippen molar-refractivity contribution >= 4 is 23.2 Å². The predicted octanol–water partition coefficient (Wildman–Crippen LogP) is 3.18. The van der Waals surface area contributed by atoms with E-state index < -0.39 is 0 Å².